The van der Waals surface area contributed by atoms with Crippen LogP contribution < -0.4 is 0 Å². The second-order valence-electron chi connectivity index (χ2n) is 1.000. The van der Waals surface area contributed by atoms with Gasteiger partial charge in [0.1, 0.15) is 0 Å². The zero-order valence-corrected chi connectivity index (χ0v) is 6.33. The fraction of sp³-hybridized carbons (Fsp3) is 0.667. The van der Waals surface area contributed by atoms with Gasteiger partial charge in [-0.2, -0.15) is 13.5 Å². The molecule has 7 heavy (non-hydrogen) atoms. The van der Waals surface area contributed by atoms with Gasteiger partial charge in [-0.05, 0) is 0 Å². The molecule has 46 valence electrons. The van der Waals surface area contributed by atoms with E-state index in [4.69, 9.17) is 0 Å². The molecule has 0 spiro atoms. The molecule has 0 nitrogen and oxygen atoms in total. The van der Waals surface area contributed by atoms with Crippen molar-refractivity contribution in [3.8, 4) is 0 Å². The molecule has 0 unspecified atom stereocenters. The summed E-state index contributed by atoms with van der Waals surface area (Å²) in [6, 6.07) is 0. The summed E-state index contributed by atoms with van der Waals surface area (Å²) in [5.41, 5.74) is 0. The highest BCUT2D eigenvalue weighted by molar-refractivity contribution is 7.59. The zero-order chi connectivity index (χ0) is 5.41. The van der Waals surface area contributed by atoms with Crippen molar-refractivity contribution in [1.29, 1.82) is 0 Å². The Balaban J connectivity index is -0.0000000480. The fourth-order valence-electron chi connectivity index (χ4n) is 0. The Labute approximate surface area is 54.1 Å². The van der Waals surface area contributed by atoms with E-state index in [0.29, 0.717) is 0 Å². The molecule has 0 amide bonds. The number of rotatable bonds is 1. The summed E-state index contributed by atoms with van der Waals surface area (Å²) in [6.07, 6.45) is 2.64. The maximum atomic E-state index is 3.00. The standard InChI is InChI=1S/C4H10.C2H4.H2S/c1-3-4-2;1-2;/h3-4H2,1-2H3;1-2H2;1H2. The van der Waals surface area contributed by atoms with Crippen LogP contribution in [-0.2, 0) is 0 Å². The van der Waals surface area contributed by atoms with Gasteiger partial charge in [-0.15, -0.1) is 13.2 Å². The predicted molar refractivity (Wildman–Crippen MR) is 42.2 cm³/mol. The fourth-order valence-corrected chi connectivity index (χ4v) is 0. The van der Waals surface area contributed by atoms with E-state index in [1.165, 1.54) is 12.8 Å². The minimum absolute atomic E-state index is 0. The Morgan fingerprint density at radius 3 is 1.14 bits per heavy atom. The van der Waals surface area contributed by atoms with E-state index in [1.807, 2.05) is 0 Å². The van der Waals surface area contributed by atoms with Gasteiger partial charge in [0.05, 0.1) is 0 Å². The van der Waals surface area contributed by atoms with Crippen LogP contribution >= 0.6 is 13.5 Å². The van der Waals surface area contributed by atoms with Crippen molar-refractivity contribution in [2.75, 3.05) is 0 Å². The minimum atomic E-state index is 0. The number of unbranched alkanes of at least 4 members (excludes halogenated alkanes) is 1. The van der Waals surface area contributed by atoms with Gasteiger partial charge in [-0.25, -0.2) is 0 Å². The van der Waals surface area contributed by atoms with Crippen molar-refractivity contribution in [2.45, 2.75) is 26.7 Å². The summed E-state index contributed by atoms with van der Waals surface area (Å²) in [5, 5.41) is 0. The predicted octanol–water partition coefficient (Wildman–Crippen LogP) is 2.72. The van der Waals surface area contributed by atoms with Crippen LogP contribution in [0.4, 0.5) is 0 Å². The molecule has 0 radical (unpaired) electrons. The third kappa shape index (κ3) is 85.7. The summed E-state index contributed by atoms with van der Waals surface area (Å²) in [6.45, 7) is 10.4. The normalized spacial score (nSPS) is 4.86. The molecule has 0 aromatic heterocycles. The molecule has 0 bridgehead atoms. The minimum Gasteiger partial charge on any atom is -0.197 e. The van der Waals surface area contributed by atoms with Crippen molar-refractivity contribution in [3.63, 3.8) is 0 Å². The van der Waals surface area contributed by atoms with Crippen molar-refractivity contribution in [3.05, 3.63) is 13.2 Å². The van der Waals surface area contributed by atoms with E-state index >= 15 is 0 Å². The molecular weight excluding hydrogens is 104 g/mol. The average Bonchev–Trinajstić information content (AvgIpc) is 1.72. The highest BCUT2D eigenvalue weighted by Crippen LogP contribution is 1.76. The van der Waals surface area contributed by atoms with Crippen molar-refractivity contribution >= 4 is 13.5 Å². The molecule has 1 heteroatoms. The molecular formula is C6H16S. The molecule has 0 aromatic rings. The maximum Gasteiger partial charge on any atom is -0.0564 e. The molecule has 0 aliphatic heterocycles. The SMILES string of the molecule is C=C.CCCC.S. The molecule has 0 aliphatic rings. The van der Waals surface area contributed by atoms with Gasteiger partial charge in [0.25, 0.3) is 0 Å². The van der Waals surface area contributed by atoms with E-state index in [9.17, 15) is 0 Å². The van der Waals surface area contributed by atoms with E-state index in [-0.39, 0.29) is 13.5 Å². The Hall–Kier alpha value is 0.0900. The van der Waals surface area contributed by atoms with Crippen LogP contribution in [0.15, 0.2) is 13.2 Å². The van der Waals surface area contributed by atoms with Crippen LogP contribution in [0, 0.1) is 0 Å². The number of hydrogen-bond acceptors (Lipinski definition) is 0. The number of hydrogen-bond donors (Lipinski definition) is 0. The van der Waals surface area contributed by atoms with Crippen LogP contribution in [-0.4, -0.2) is 0 Å². The average molecular weight is 120 g/mol. The first-order chi connectivity index (χ1) is 2.91. The molecule has 0 heterocycles. The Morgan fingerprint density at radius 2 is 1.14 bits per heavy atom. The first-order valence-electron chi connectivity index (χ1n) is 2.41. The second-order valence-corrected chi connectivity index (χ2v) is 1.000. The Bertz CT molecular complexity index is 11.7. The molecule has 0 atom stereocenters. The van der Waals surface area contributed by atoms with Gasteiger partial charge in [0.2, 0.25) is 0 Å². The second kappa shape index (κ2) is 36.1. The lowest BCUT2D eigenvalue weighted by molar-refractivity contribution is 0.886. The molecule has 0 fully saturated rings. The summed E-state index contributed by atoms with van der Waals surface area (Å²) in [7, 11) is 0. The van der Waals surface area contributed by atoms with Gasteiger partial charge in [0, 0.05) is 0 Å². The van der Waals surface area contributed by atoms with E-state index in [2.05, 4.69) is 27.0 Å². The molecule has 0 saturated carbocycles. The van der Waals surface area contributed by atoms with Gasteiger partial charge in [-0.1, -0.05) is 26.7 Å². The summed E-state index contributed by atoms with van der Waals surface area (Å²) < 4.78 is 0. The highest BCUT2D eigenvalue weighted by atomic mass is 32.1. The Morgan fingerprint density at radius 1 is 1.00 bits per heavy atom. The van der Waals surface area contributed by atoms with Gasteiger partial charge >= 0.3 is 0 Å². The monoisotopic (exact) mass is 120 g/mol. The highest BCUT2D eigenvalue weighted by Gasteiger charge is 1.56. The molecule has 0 aliphatic carbocycles. The lowest BCUT2D eigenvalue weighted by atomic mass is 10.4. The van der Waals surface area contributed by atoms with E-state index in [1.54, 1.807) is 0 Å². The van der Waals surface area contributed by atoms with Crippen molar-refractivity contribution in [2.24, 2.45) is 0 Å². The third-order valence-corrected chi connectivity index (χ3v) is 0.500. The van der Waals surface area contributed by atoms with Crippen LogP contribution in [0.1, 0.15) is 26.7 Å². The lowest BCUT2D eigenvalue weighted by Crippen LogP contribution is -1.47. The van der Waals surface area contributed by atoms with E-state index in [0.717, 1.165) is 0 Å². The summed E-state index contributed by atoms with van der Waals surface area (Å²) >= 11 is 0. The topological polar surface area (TPSA) is 0 Å². The zero-order valence-electron chi connectivity index (χ0n) is 5.33. The van der Waals surface area contributed by atoms with Crippen LogP contribution in [0.5, 0.6) is 0 Å². The van der Waals surface area contributed by atoms with Crippen molar-refractivity contribution < 1.29 is 0 Å². The first kappa shape index (κ1) is 15.7. The maximum absolute atomic E-state index is 3.00. The van der Waals surface area contributed by atoms with Gasteiger partial charge in [-0.3, -0.25) is 0 Å². The quantitative estimate of drug-likeness (QED) is 0.467. The molecule has 0 saturated heterocycles. The van der Waals surface area contributed by atoms with Crippen LogP contribution in [0.25, 0.3) is 0 Å². The largest absolute Gasteiger partial charge is 0.197 e. The first-order valence-corrected chi connectivity index (χ1v) is 2.41. The molecule has 0 N–H and O–H groups in total. The lowest BCUT2D eigenvalue weighted by Gasteiger charge is -1.68. The molecule has 0 aromatic carbocycles. The summed E-state index contributed by atoms with van der Waals surface area (Å²) in [4.78, 5) is 0. The van der Waals surface area contributed by atoms with Crippen molar-refractivity contribution in [1.82, 2.24) is 0 Å². The third-order valence-electron chi connectivity index (χ3n) is 0.500. The van der Waals surface area contributed by atoms with E-state index < -0.39 is 0 Å². The van der Waals surface area contributed by atoms with Crippen LogP contribution in [0.3, 0.4) is 0 Å². The smallest absolute Gasteiger partial charge is 0.0564 e. The van der Waals surface area contributed by atoms with Gasteiger partial charge < -0.3 is 0 Å². The van der Waals surface area contributed by atoms with Crippen LogP contribution in [0.2, 0.25) is 0 Å². The Kier molecular flexibility index (Phi) is 81.1. The van der Waals surface area contributed by atoms with Gasteiger partial charge in [0.15, 0.2) is 0 Å². The summed E-state index contributed by atoms with van der Waals surface area (Å²) in [5.74, 6) is 0. The molecule has 0 rings (SSSR count).